The van der Waals surface area contributed by atoms with Crippen molar-refractivity contribution in [2.45, 2.75) is 19.0 Å². The van der Waals surface area contributed by atoms with Crippen LogP contribution in [0, 0.1) is 5.92 Å². The lowest BCUT2D eigenvalue weighted by molar-refractivity contribution is -0.118. The predicted molar refractivity (Wildman–Crippen MR) is 97.9 cm³/mol. The summed E-state index contributed by atoms with van der Waals surface area (Å²) in [5.74, 6) is 0.222. The standard InChI is InChI=1S/C17H22N4OS/c1-19-15(21-17(18)23)16(22)20-14-10-6-5-9-13(14)11-12-7-3-2-4-8-12/h2-7,9-10,12,15,19H,8,11H2,1H3,(H,20,22)(H3,18,21,23). The Bertz CT molecular complexity index is 627. The quantitative estimate of drug-likeness (QED) is 0.471. The molecule has 0 fully saturated rings. The lowest BCUT2D eigenvalue weighted by Crippen LogP contribution is -2.53. The summed E-state index contributed by atoms with van der Waals surface area (Å²) in [6.45, 7) is 0. The number of anilines is 1. The fraction of sp³-hybridized carbons (Fsp3) is 0.294. The summed E-state index contributed by atoms with van der Waals surface area (Å²) in [6.07, 6.45) is 9.71. The molecule has 2 unspecified atom stereocenters. The first kappa shape index (κ1) is 17.2. The third kappa shape index (κ3) is 5.19. The van der Waals surface area contributed by atoms with Crippen LogP contribution in [-0.2, 0) is 11.2 Å². The molecule has 5 N–H and O–H groups in total. The van der Waals surface area contributed by atoms with Gasteiger partial charge in [0.15, 0.2) is 11.3 Å². The highest BCUT2D eigenvalue weighted by atomic mass is 32.1. The lowest BCUT2D eigenvalue weighted by Gasteiger charge is -2.20. The molecule has 5 nitrogen and oxygen atoms in total. The van der Waals surface area contributed by atoms with Crippen molar-refractivity contribution in [1.29, 1.82) is 0 Å². The number of rotatable bonds is 6. The molecule has 0 bridgehead atoms. The van der Waals surface area contributed by atoms with E-state index in [0.29, 0.717) is 5.92 Å². The minimum Gasteiger partial charge on any atom is -0.376 e. The van der Waals surface area contributed by atoms with Crippen LogP contribution >= 0.6 is 12.2 Å². The maximum atomic E-state index is 12.3. The number of nitrogens with one attached hydrogen (secondary N) is 3. The first-order chi connectivity index (χ1) is 11.1. The number of para-hydroxylation sites is 1. The van der Waals surface area contributed by atoms with Crippen LogP contribution in [0.3, 0.4) is 0 Å². The highest BCUT2D eigenvalue weighted by Crippen LogP contribution is 2.23. The van der Waals surface area contributed by atoms with E-state index in [0.717, 1.165) is 24.1 Å². The average molecular weight is 330 g/mol. The minimum absolute atomic E-state index is 0.0758. The van der Waals surface area contributed by atoms with Crippen molar-refractivity contribution in [2.24, 2.45) is 11.7 Å². The van der Waals surface area contributed by atoms with Gasteiger partial charge in [0.25, 0.3) is 5.91 Å². The summed E-state index contributed by atoms with van der Waals surface area (Å²) < 4.78 is 0. The van der Waals surface area contributed by atoms with Crippen LogP contribution in [0.2, 0.25) is 0 Å². The number of amides is 1. The molecule has 1 amide bonds. The molecule has 2 atom stereocenters. The molecule has 1 aromatic rings. The molecule has 0 spiro atoms. The maximum absolute atomic E-state index is 12.3. The SMILES string of the molecule is CNC(NC(N)=S)C(=O)Nc1ccccc1CC1C=CC=CC1. The summed E-state index contributed by atoms with van der Waals surface area (Å²) in [5, 5.41) is 8.57. The Balaban J connectivity index is 2.07. The number of hydrogen-bond donors (Lipinski definition) is 4. The topological polar surface area (TPSA) is 79.2 Å². The van der Waals surface area contributed by atoms with Crippen LogP contribution in [-0.4, -0.2) is 24.2 Å². The van der Waals surface area contributed by atoms with Crippen molar-refractivity contribution in [3.63, 3.8) is 0 Å². The second-order valence-corrected chi connectivity index (χ2v) is 5.83. The second-order valence-electron chi connectivity index (χ2n) is 5.39. The predicted octanol–water partition coefficient (Wildman–Crippen LogP) is 1.68. The van der Waals surface area contributed by atoms with Gasteiger partial charge in [0.1, 0.15) is 0 Å². The van der Waals surface area contributed by atoms with E-state index in [1.54, 1.807) is 7.05 Å². The zero-order chi connectivity index (χ0) is 16.7. The van der Waals surface area contributed by atoms with Gasteiger partial charge in [-0.25, -0.2) is 0 Å². The Kier molecular flexibility index (Phi) is 6.31. The summed E-state index contributed by atoms with van der Waals surface area (Å²) in [6, 6.07) is 7.83. The largest absolute Gasteiger partial charge is 0.376 e. The van der Waals surface area contributed by atoms with Crippen molar-refractivity contribution < 1.29 is 4.79 Å². The number of hydrogen-bond acceptors (Lipinski definition) is 3. The maximum Gasteiger partial charge on any atom is 0.261 e. The first-order valence-electron chi connectivity index (χ1n) is 7.55. The Morgan fingerprint density at radius 1 is 1.39 bits per heavy atom. The van der Waals surface area contributed by atoms with Crippen molar-refractivity contribution in [1.82, 2.24) is 10.6 Å². The summed E-state index contributed by atoms with van der Waals surface area (Å²) in [4.78, 5) is 12.3. The summed E-state index contributed by atoms with van der Waals surface area (Å²) in [5.41, 5.74) is 7.36. The molecule has 1 aromatic carbocycles. The van der Waals surface area contributed by atoms with Crippen molar-refractivity contribution in [3.05, 3.63) is 54.1 Å². The second kappa shape index (κ2) is 8.45. The van der Waals surface area contributed by atoms with E-state index < -0.39 is 6.17 Å². The fourth-order valence-electron chi connectivity index (χ4n) is 2.50. The van der Waals surface area contributed by atoms with Gasteiger partial charge in [-0.15, -0.1) is 0 Å². The smallest absolute Gasteiger partial charge is 0.261 e. The lowest BCUT2D eigenvalue weighted by atomic mass is 9.92. The van der Waals surface area contributed by atoms with Crippen LogP contribution in [0.1, 0.15) is 12.0 Å². The van der Waals surface area contributed by atoms with Crippen LogP contribution in [0.25, 0.3) is 0 Å². The van der Waals surface area contributed by atoms with Gasteiger partial charge in [-0.05, 0) is 49.7 Å². The molecular formula is C17H22N4OS. The fourth-order valence-corrected chi connectivity index (χ4v) is 2.62. The number of benzene rings is 1. The molecule has 1 aliphatic carbocycles. The van der Waals surface area contributed by atoms with Crippen LogP contribution in [0.5, 0.6) is 0 Å². The van der Waals surface area contributed by atoms with E-state index in [9.17, 15) is 4.79 Å². The average Bonchev–Trinajstić information content (AvgIpc) is 2.55. The number of thiocarbonyl (C=S) groups is 1. The third-order valence-corrected chi connectivity index (χ3v) is 3.78. The van der Waals surface area contributed by atoms with Crippen molar-refractivity contribution in [2.75, 3.05) is 12.4 Å². The minimum atomic E-state index is -0.668. The van der Waals surface area contributed by atoms with Crippen molar-refractivity contribution >= 4 is 28.9 Å². The molecule has 0 radical (unpaired) electrons. The Hall–Kier alpha value is -2.18. The molecule has 6 heteroatoms. The molecule has 23 heavy (non-hydrogen) atoms. The van der Waals surface area contributed by atoms with Crippen molar-refractivity contribution in [3.8, 4) is 0 Å². The van der Waals surface area contributed by atoms with Gasteiger partial charge in [-0.3, -0.25) is 10.1 Å². The molecule has 0 aliphatic heterocycles. The van der Waals surface area contributed by atoms with E-state index in [1.165, 1.54) is 0 Å². The van der Waals surface area contributed by atoms with Gasteiger partial charge in [-0.2, -0.15) is 0 Å². The molecule has 122 valence electrons. The molecule has 0 aromatic heterocycles. The summed E-state index contributed by atoms with van der Waals surface area (Å²) in [7, 11) is 1.67. The Labute approximate surface area is 142 Å². The van der Waals surface area contributed by atoms with Gasteiger partial charge < -0.3 is 16.4 Å². The van der Waals surface area contributed by atoms with Gasteiger partial charge in [0.05, 0.1) is 0 Å². The zero-order valence-electron chi connectivity index (χ0n) is 13.1. The van der Waals surface area contributed by atoms with Crippen LogP contribution < -0.4 is 21.7 Å². The van der Waals surface area contributed by atoms with Gasteiger partial charge in [-0.1, -0.05) is 42.5 Å². The third-order valence-electron chi connectivity index (χ3n) is 3.66. The molecule has 0 saturated carbocycles. The van der Waals surface area contributed by atoms with E-state index in [4.69, 9.17) is 18.0 Å². The van der Waals surface area contributed by atoms with E-state index >= 15 is 0 Å². The molecule has 1 aliphatic rings. The van der Waals surface area contributed by atoms with Gasteiger partial charge in [0, 0.05) is 5.69 Å². The zero-order valence-corrected chi connectivity index (χ0v) is 13.9. The van der Waals surface area contributed by atoms with E-state index in [2.05, 4.69) is 40.3 Å². The van der Waals surface area contributed by atoms with Gasteiger partial charge in [0.2, 0.25) is 0 Å². The number of likely N-dealkylation sites (N-methyl/N-ethyl adjacent to an activating group) is 1. The number of carbonyl (C=O) groups is 1. The van der Waals surface area contributed by atoms with Gasteiger partial charge >= 0.3 is 0 Å². The number of carbonyl (C=O) groups excluding carboxylic acids is 1. The van der Waals surface area contributed by atoms with Crippen LogP contribution in [0.15, 0.2) is 48.6 Å². The molecule has 0 heterocycles. The normalized spacial score (nSPS) is 17.5. The van der Waals surface area contributed by atoms with E-state index in [1.807, 2.05) is 24.3 Å². The van der Waals surface area contributed by atoms with Crippen LogP contribution in [0.4, 0.5) is 5.69 Å². The Morgan fingerprint density at radius 2 is 2.17 bits per heavy atom. The molecule has 0 saturated heterocycles. The number of allylic oxidation sites excluding steroid dienone is 4. The highest BCUT2D eigenvalue weighted by Gasteiger charge is 2.18. The highest BCUT2D eigenvalue weighted by molar-refractivity contribution is 7.80. The summed E-state index contributed by atoms with van der Waals surface area (Å²) >= 11 is 4.79. The van der Waals surface area contributed by atoms with E-state index in [-0.39, 0.29) is 11.0 Å². The number of nitrogens with two attached hydrogens (primary N) is 1. The molecular weight excluding hydrogens is 308 g/mol. The molecule has 2 rings (SSSR count). The monoisotopic (exact) mass is 330 g/mol. The first-order valence-corrected chi connectivity index (χ1v) is 7.96. The Morgan fingerprint density at radius 3 is 2.83 bits per heavy atom.